The maximum atomic E-state index is 12.4. The van der Waals surface area contributed by atoms with Gasteiger partial charge >= 0.3 is 0 Å². The summed E-state index contributed by atoms with van der Waals surface area (Å²) in [5.41, 5.74) is 3.12. The molecule has 0 atom stereocenters. The van der Waals surface area contributed by atoms with Gasteiger partial charge in [0.2, 0.25) is 5.43 Å². The molecule has 0 saturated heterocycles. The Kier molecular flexibility index (Phi) is 5.56. The summed E-state index contributed by atoms with van der Waals surface area (Å²) < 4.78 is 5.25. The zero-order valence-electron chi connectivity index (χ0n) is 17.4. The van der Waals surface area contributed by atoms with Crippen LogP contribution in [0.5, 0.6) is 0 Å². The third-order valence-electron chi connectivity index (χ3n) is 4.86. The molecule has 0 aliphatic heterocycles. The van der Waals surface area contributed by atoms with Crippen molar-refractivity contribution in [2.24, 2.45) is 13.0 Å². The van der Waals surface area contributed by atoms with E-state index in [1.54, 1.807) is 28.1 Å². The molecule has 4 rings (SSSR count). The lowest BCUT2D eigenvalue weighted by molar-refractivity contribution is 0.487. The monoisotopic (exact) mass is 403 g/mol. The topological polar surface area (TPSA) is 83.4 Å². The SMILES string of the molecule is CC(C)CCn1cnc(-c2cccc(Cc3nn(-c4cnn(C)c4)ccc3=O)c2)n1. The van der Waals surface area contributed by atoms with E-state index in [2.05, 4.69) is 34.1 Å². The van der Waals surface area contributed by atoms with Crippen LogP contribution in [0.15, 0.2) is 60.0 Å². The second-order valence-corrected chi connectivity index (χ2v) is 7.83. The molecule has 0 N–H and O–H groups in total. The van der Waals surface area contributed by atoms with Gasteiger partial charge in [0.1, 0.15) is 17.7 Å². The Morgan fingerprint density at radius 3 is 2.77 bits per heavy atom. The van der Waals surface area contributed by atoms with Crippen LogP contribution >= 0.6 is 0 Å². The number of aryl methyl sites for hydroxylation is 2. The van der Waals surface area contributed by atoms with Gasteiger partial charge in [-0.1, -0.05) is 32.0 Å². The Labute approximate surface area is 174 Å². The quantitative estimate of drug-likeness (QED) is 0.474. The smallest absolute Gasteiger partial charge is 0.203 e. The molecule has 0 unspecified atom stereocenters. The van der Waals surface area contributed by atoms with Crippen LogP contribution in [0.2, 0.25) is 0 Å². The van der Waals surface area contributed by atoms with E-state index in [1.807, 2.05) is 42.2 Å². The number of hydrogen-bond donors (Lipinski definition) is 0. The van der Waals surface area contributed by atoms with Crippen molar-refractivity contribution in [1.82, 2.24) is 34.3 Å². The van der Waals surface area contributed by atoms with Crippen LogP contribution in [0.25, 0.3) is 17.1 Å². The van der Waals surface area contributed by atoms with Crippen LogP contribution in [-0.4, -0.2) is 34.3 Å². The highest BCUT2D eigenvalue weighted by Gasteiger charge is 2.10. The summed E-state index contributed by atoms with van der Waals surface area (Å²) in [5, 5.41) is 13.3. The first-order valence-electron chi connectivity index (χ1n) is 10.0. The third kappa shape index (κ3) is 4.53. The molecule has 4 aromatic rings. The Bertz CT molecular complexity index is 1200. The fourth-order valence-electron chi connectivity index (χ4n) is 3.18. The molecular formula is C22H25N7O. The first-order valence-corrected chi connectivity index (χ1v) is 10.0. The molecule has 0 bridgehead atoms. The third-order valence-corrected chi connectivity index (χ3v) is 4.86. The van der Waals surface area contributed by atoms with Gasteiger partial charge in [-0.15, -0.1) is 0 Å². The van der Waals surface area contributed by atoms with Crippen molar-refractivity contribution in [1.29, 1.82) is 0 Å². The van der Waals surface area contributed by atoms with Gasteiger partial charge in [-0.3, -0.25) is 14.2 Å². The summed E-state index contributed by atoms with van der Waals surface area (Å²) in [5.74, 6) is 1.31. The van der Waals surface area contributed by atoms with Crippen LogP contribution in [-0.2, 0) is 20.0 Å². The van der Waals surface area contributed by atoms with Crippen molar-refractivity contribution in [3.63, 3.8) is 0 Å². The molecule has 0 fully saturated rings. The van der Waals surface area contributed by atoms with Gasteiger partial charge in [0.05, 0.1) is 12.4 Å². The number of nitrogens with zero attached hydrogens (tertiary/aromatic N) is 7. The first kappa shape index (κ1) is 19.8. The van der Waals surface area contributed by atoms with Gasteiger partial charge in [-0.05, 0) is 24.0 Å². The maximum Gasteiger partial charge on any atom is 0.203 e. The number of aromatic nitrogens is 7. The Morgan fingerprint density at radius 2 is 2.00 bits per heavy atom. The van der Waals surface area contributed by atoms with Crippen LogP contribution in [0.3, 0.4) is 0 Å². The minimum Gasteiger partial charge on any atom is -0.288 e. The van der Waals surface area contributed by atoms with Crippen molar-refractivity contribution >= 4 is 0 Å². The molecule has 0 saturated carbocycles. The summed E-state index contributed by atoms with van der Waals surface area (Å²) in [7, 11) is 1.84. The largest absolute Gasteiger partial charge is 0.288 e. The molecule has 30 heavy (non-hydrogen) atoms. The summed E-state index contributed by atoms with van der Waals surface area (Å²) >= 11 is 0. The predicted molar refractivity (Wildman–Crippen MR) is 114 cm³/mol. The van der Waals surface area contributed by atoms with E-state index in [0.29, 0.717) is 23.9 Å². The lowest BCUT2D eigenvalue weighted by Gasteiger charge is -2.06. The standard InChI is InChI=1S/C22H25N7O/c1-16(2)7-9-28-15-23-22(26-28)18-6-4-5-17(11-18)12-20-21(30)8-10-29(25-20)19-13-24-27(3)14-19/h4-6,8,10-11,13-16H,7,9,12H2,1-3H3. The van der Waals surface area contributed by atoms with E-state index >= 15 is 0 Å². The Morgan fingerprint density at radius 1 is 1.13 bits per heavy atom. The molecule has 8 heteroatoms. The lowest BCUT2D eigenvalue weighted by Crippen LogP contribution is -2.16. The van der Waals surface area contributed by atoms with Crippen LogP contribution < -0.4 is 5.43 Å². The Balaban J connectivity index is 1.56. The molecule has 0 aliphatic rings. The second-order valence-electron chi connectivity index (χ2n) is 7.83. The fourth-order valence-corrected chi connectivity index (χ4v) is 3.18. The van der Waals surface area contributed by atoms with Gasteiger partial charge < -0.3 is 0 Å². The van der Waals surface area contributed by atoms with Gasteiger partial charge in [0, 0.05) is 37.8 Å². The number of hydrogen-bond acceptors (Lipinski definition) is 5. The minimum atomic E-state index is -0.0865. The van der Waals surface area contributed by atoms with E-state index in [0.717, 1.165) is 29.8 Å². The Hall–Kier alpha value is -3.55. The fraction of sp³-hybridized carbons (Fsp3) is 0.318. The molecule has 0 amide bonds. The molecule has 0 radical (unpaired) electrons. The van der Waals surface area contributed by atoms with Crippen LogP contribution in [0, 0.1) is 5.92 Å². The summed E-state index contributed by atoms with van der Waals surface area (Å²) in [6, 6.07) is 9.49. The van der Waals surface area contributed by atoms with E-state index in [1.165, 1.54) is 6.07 Å². The van der Waals surface area contributed by atoms with Crippen LogP contribution in [0.1, 0.15) is 31.5 Å². The number of benzene rings is 1. The minimum absolute atomic E-state index is 0.0865. The highest BCUT2D eigenvalue weighted by Crippen LogP contribution is 2.18. The molecule has 3 aromatic heterocycles. The molecule has 0 spiro atoms. The molecule has 154 valence electrons. The van der Waals surface area contributed by atoms with Gasteiger partial charge in [0.15, 0.2) is 5.82 Å². The first-order chi connectivity index (χ1) is 14.5. The second kappa shape index (κ2) is 8.44. The van der Waals surface area contributed by atoms with E-state index in [4.69, 9.17) is 0 Å². The highest BCUT2D eigenvalue weighted by molar-refractivity contribution is 5.55. The number of rotatable bonds is 7. The zero-order chi connectivity index (χ0) is 21.1. The highest BCUT2D eigenvalue weighted by atomic mass is 16.1. The average Bonchev–Trinajstić information content (AvgIpc) is 3.37. The van der Waals surface area contributed by atoms with Crippen LogP contribution in [0.4, 0.5) is 0 Å². The zero-order valence-corrected chi connectivity index (χ0v) is 17.4. The predicted octanol–water partition coefficient (Wildman–Crippen LogP) is 2.86. The lowest BCUT2D eigenvalue weighted by atomic mass is 10.1. The van der Waals surface area contributed by atoms with Gasteiger partial charge in [0.25, 0.3) is 0 Å². The van der Waals surface area contributed by atoms with E-state index in [9.17, 15) is 4.79 Å². The van der Waals surface area contributed by atoms with Gasteiger partial charge in [-0.2, -0.15) is 15.3 Å². The molecule has 0 aliphatic carbocycles. The maximum absolute atomic E-state index is 12.4. The van der Waals surface area contributed by atoms with E-state index < -0.39 is 0 Å². The van der Waals surface area contributed by atoms with E-state index in [-0.39, 0.29) is 5.43 Å². The van der Waals surface area contributed by atoms with Gasteiger partial charge in [-0.25, -0.2) is 9.67 Å². The molecule has 3 heterocycles. The summed E-state index contributed by atoms with van der Waals surface area (Å²) in [4.78, 5) is 16.8. The average molecular weight is 403 g/mol. The van der Waals surface area contributed by atoms with Crippen molar-refractivity contribution in [2.75, 3.05) is 0 Å². The van der Waals surface area contributed by atoms with Crippen molar-refractivity contribution < 1.29 is 0 Å². The summed E-state index contributed by atoms with van der Waals surface area (Å²) in [6.07, 6.45) is 8.49. The summed E-state index contributed by atoms with van der Waals surface area (Å²) in [6.45, 7) is 5.24. The molecule has 1 aromatic carbocycles. The normalized spacial score (nSPS) is 11.3. The van der Waals surface area contributed by atoms with Crippen molar-refractivity contribution in [3.8, 4) is 17.1 Å². The van der Waals surface area contributed by atoms with Crippen molar-refractivity contribution in [2.45, 2.75) is 33.2 Å². The molecular weight excluding hydrogens is 378 g/mol. The van der Waals surface area contributed by atoms with Crippen molar-refractivity contribution in [3.05, 3.63) is 76.7 Å². The molecule has 8 nitrogen and oxygen atoms in total.